The standard InChI is InChI=1S/C29H28N4O6/c1-17-13-23(34)28-27(38-17)21(26(39-28)19-9-11-20(37-3)12-10-19)15-25(35)30-22(14-18-7-5-4-6-8-18)29-31-24(16-36-2)32-33-29/h4-13,22H,14-16H2,1-3H3,(H,30,35)(H,31,32,33). The summed E-state index contributed by atoms with van der Waals surface area (Å²) in [6.45, 7) is 1.95. The van der Waals surface area contributed by atoms with Crippen molar-refractivity contribution in [1.29, 1.82) is 0 Å². The molecule has 0 aliphatic heterocycles. The average Bonchev–Trinajstić information content (AvgIpc) is 3.54. The fourth-order valence-corrected chi connectivity index (χ4v) is 4.43. The van der Waals surface area contributed by atoms with Gasteiger partial charge in [0.1, 0.15) is 23.9 Å². The number of H-pyrrole nitrogens is 1. The van der Waals surface area contributed by atoms with Crippen LogP contribution in [0.5, 0.6) is 5.75 Å². The molecular weight excluding hydrogens is 500 g/mol. The summed E-state index contributed by atoms with van der Waals surface area (Å²) in [6, 6.07) is 17.8. The fourth-order valence-electron chi connectivity index (χ4n) is 4.43. The molecule has 10 heteroatoms. The number of rotatable bonds is 10. The van der Waals surface area contributed by atoms with E-state index in [1.807, 2.05) is 30.3 Å². The Labute approximate surface area is 224 Å². The summed E-state index contributed by atoms with van der Waals surface area (Å²) in [6.07, 6.45) is 0.379. The van der Waals surface area contributed by atoms with Crippen LogP contribution in [0.4, 0.5) is 0 Å². The number of hydrogen-bond acceptors (Lipinski definition) is 8. The van der Waals surface area contributed by atoms with Gasteiger partial charge in [0, 0.05) is 25.2 Å². The molecule has 0 spiro atoms. The van der Waals surface area contributed by atoms with Gasteiger partial charge >= 0.3 is 0 Å². The summed E-state index contributed by atoms with van der Waals surface area (Å²) in [4.78, 5) is 30.7. The number of aryl methyl sites for hydroxylation is 1. The van der Waals surface area contributed by atoms with Crippen molar-refractivity contribution >= 4 is 17.1 Å². The van der Waals surface area contributed by atoms with E-state index in [0.29, 0.717) is 46.5 Å². The smallest absolute Gasteiger partial charge is 0.228 e. The predicted molar refractivity (Wildman–Crippen MR) is 143 cm³/mol. The largest absolute Gasteiger partial charge is 0.497 e. The van der Waals surface area contributed by atoms with Crippen LogP contribution in [0.15, 0.2) is 74.3 Å². The van der Waals surface area contributed by atoms with Gasteiger partial charge in [0.2, 0.25) is 16.9 Å². The second kappa shape index (κ2) is 11.4. The highest BCUT2D eigenvalue weighted by Crippen LogP contribution is 2.34. The second-order valence-corrected chi connectivity index (χ2v) is 9.08. The molecule has 1 amide bonds. The summed E-state index contributed by atoms with van der Waals surface area (Å²) in [5, 5.41) is 10.2. The summed E-state index contributed by atoms with van der Waals surface area (Å²) < 4.78 is 22.3. The van der Waals surface area contributed by atoms with E-state index in [4.69, 9.17) is 18.3 Å². The Hall–Kier alpha value is -4.70. The van der Waals surface area contributed by atoms with Crippen LogP contribution >= 0.6 is 0 Å². The van der Waals surface area contributed by atoms with E-state index in [1.54, 1.807) is 45.4 Å². The zero-order chi connectivity index (χ0) is 27.4. The molecule has 0 saturated heterocycles. The number of hydrogen-bond donors (Lipinski definition) is 2. The maximum Gasteiger partial charge on any atom is 0.228 e. The number of carbonyl (C=O) groups is 1. The van der Waals surface area contributed by atoms with Gasteiger partial charge in [-0.15, -0.1) is 0 Å². The number of carbonyl (C=O) groups excluding carboxylic acids is 1. The van der Waals surface area contributed by atoms with E-state index in [2.05, 4.69) is 20.5 Å². The first kappa shape index (κ1) is 25.9. The van der Waals surface area contributed by atoms with E-state index in [0.717, 1.165) is 5.56 Å². The molecule has 3 aromatic heterocycles. The van der Waals surface area contributed by atoms with Crippen LogP contribution in [-0.4, -0.2) is 35.3 Å². The average molecular weight is 529 g/mol. The Morgan fingerprint density at radius 1 is 1.05 bits per heavy atom. The lowest BCUT2D eigenvalue weighted by molar-refractivity contribution is -0.121. The van der Waals surface area contributed by atoms with Gasteiger partial charge in [-0.2, -0.15) is 5.10 Å². The third-order valence-electron chi connectivity index (χ3n) is 6.23. The molecule has 0 aliphatic carbocycles. The van der Waals surface area contributed by atoms with E-state index < -0.39 is 6.04 Å². The van der Waals surface area contributed by atoms with E-state index >= 15 is 0 Å². The molecule has 2 aromatic carbocycles. The molecule has 10 nitrogen and oxygen atoms in total. The molecule has 3 heterocycles. The van der Waals surface area contributed by atoms with Crippen LogP contribution in [0.1, 0.15) is 34.6 Å². The summed E-state index contributed by atoms with van der Waals surface area (Å²) in [5.41, 5.74) is 2.16. The number of nitrogens with one attached hydrogen (secondary N) is 2. The molecule has 39 heavy (non-hydrogen) atoms. The van der Waals surface area contributed by atoms with Gasteiger partial charge in [0.05, 0.1) is 25.1 Å². The normalized spacial score (nSPS) is 12.0. The minimum absolute atomic E-state index is 0.0632. The molecule has 0 aliphatic rings. The zero-order valence-electron chi connectivity index (χ0n) is 21.8. The number of aromatic nitrogens is 3. The van der Waals surface area contributed by atoms with Crippen LogP contribution in [0.25, 0.3) is 22.5 Å². The van der Waals surface area contributed by atoms with Crippen molar-refractivity contribution in [2.24, 2.45) is 0 Å². The van der Waals surface area contributed by atoms with E-state index in [-0.39, 0.29) is 35.5 Å². The van der Waals surface area contributed by atoms with E-state index in [1.165, 1.54) is 6.07 Å². The second-order valence-electron chi connectivity index (χ2n) is 9.08. The first-order chi connectivity index (χ1) is 18.9. The molecular formula is C29H28N4O6. The lowest BCUT2D eigenvalue weighted by Crippen LogP contribution is -2.32. The van der Waals surface area contributed by atoms with Crippen LogP contribution < -0.4 is 15.5 Å². The van der Waals surface area contributed by atoms with Crippen LogP contribution in [0.3, 0.4) is 0 Å². The number of aromatic amines is 1. The molecule has 1 unspecified atom stereocenters. The molecule has 200 valence electrons. The van der Waals surface area contributed by atoms with Gasteiger partial charge in [0.25, 0.3) is 0 Å². The van der Waals surface area contributed by atoms with Crippen LogP contribution in [0.2, 0.25) is 0 Å². The number of ether oxygens (including phenoxy) is 2. The molecule has 5 rings (SSSR count). The topological polar surface area (TPSA) is 132 Å². The number of methoxy groups -OCH3 is 2. The van der Waals surface area contributed by atoms with Crippen molar-refractivity contribution in [3.63, 3.8) is 0 Å². The molecule has 5 aromatic rings. The summed E-state index contributed by atoms with van der Waals surface area (Å²) in [5.74, 6) is 2.16. The summed E-state index contributed by atoms with van der Waals surface area (Å²) >= 11 is 0. The SMILES string of the molecule is COCc1nc(C(Cc2ccccc2)NC(=O)Cc2c(-c3ccc(OC)cc3)oc3c(=O)cc(C)oc23)n[nH]1. The number of fused-ring (bicyclic) bond motifs is 1. The number of amides is 1. The lowest BCUT2D eigenvalue weighted by Gasteiger charge is -2.16. The van der Waals surface area contributed by atoms with Crippen molar-refractivity contribution in [3.05, 3.63) is 99.4 Å². The highest BCUT2D eigenvalue weighted by atomic mass is 16.5. The Balaban J connectivity index is 1.49. The molecule has 0 fully saturated rings. The fraction of sp³-hybridized carbons (Fsp3) is 0.241. The summed E-state index contributed by atoms with van der Waals surface area (Å²) in [7, 11) is 3.15. The third-order valence-corrected chi connectivity index (χ3v) is 6.23. The zero-order valence-corrected chi connectivity index (χ0v) is 21.8. The highest BCUT2D eigenvalue weighted by Gasteiger charge is 2.26. The molecule has 0 radical (unpaired) electrons. The Morgan fingerprint density at radius 2 is 1.82 bits per heavy atom. The van der Waals surface area contributed by atoms with Gasteiger partial charge in [-0.1, -0.05) is 30.3 Å². The number of benzene rings is 2. The maximum atomic E-state index is 13.5. The Kier molecular flexibility index (Phi) is 7.55. The van der Waals surface area contributed by atoms with Gasteiger partial charge in [-0.05, 0) is 36.8 Å². The Morgan fingerprint density at radius 3 is 2.54 bits per heavy atom. The van der Waals surface area contributed by atoms with Crippen molar-refractivity contribution in [2.75, 3.05) is 14.2 Å². The monoisotopic (exact) mass is 528 g/mol. The highest BCUT2D eigenvalue weighted by molar-refractivity contribution is 5.90. The first-order valence-electron chi connectivity index (χ1n) is 12.4. The van der Waals surface area contributed by atoms with Gasteiger partial charge in [-0.3, -0.25) is 14.7 Å². The van der Waals surface area contributed by atoms with E-state index in [9.17, 15) is 9.59 Å². The quantitative estimate of drug-likeness (QED) is 0.275. The number of nitrogens with zero attached hydrogens (tertiary/aromatic N) is 2. The maximum absolute atomic E-state index is 13.5. The minimum atomic E-state index is -0.516. The van der Waals surface area contributed by atoms with Gasteiger partial charge < -0.3 is 23.6 Å². The molecule has 0 saturated carbocycles. The number of furan rings is 1. The Bertz CT molecular complexity index is 1640. The van der Waals surface area contributed by atoms with Gasteiger partial charge in [0.15, 0.2) is 17.2 Å². The van der Waals surface area contributed by atoms with Crippen LogP contribution in [0, 0.1) is 6.92 Å². The van der Waals surface area contributed by atoms with Crippen molar-refractivity contribution in [1.82, 2.24) is 20.5 Å². The van der Waals surface area contributed by atoms with Crippen molar-refractivity contribution in [2.45, 2.75) is 32.4 Å². The third kappa shape index (κ3) is 5.75. The predicted octanol–water partition coefficient (Wildman–Crippen LogP) is 4.28. The molecule has 1 atom stereocenters. The lowest BCUT2D eigenvalue weighted by atomic mass is 10.0. The van der Waals surface area contributed by atoms with Gasteiger partial charge in [-0.25, -0.2) is 4.98 Å². The first-order valence-corrected chi connectivity index (χ1v) is 12.4. The van der Waals surface area contributed by atoms with Crippen LogP contribution in [-0.2, 0) is 29.0 Å². The molecule has 2 N–H and O–H groups in total. The van der Waals surface area contributed by atoms with Crippen molar-refractivity contribution < 1.29 is 23.1 Å². The minimum Gasteiger partial charge on any atom is -0.497 e. The van der Waals surface area contributed by atoms with Crippen molar-refractivity contribution in [3.8, 4) is 17.1 Å². The molecule has 0 bridgehead atoms.